The highest BCUT2D eigenvalue weighted by Crippen LogP contribution is 2.19. The van der Waals surface area contributed by atoms with Crippen molar-refractivity contribution in [1.29, 1.82) is 0 Å². The number of hydrogen-bond acceptors (Lipinski definition) is 2. The minimum Gasteiger partial charge on any atom is -0.388 e. The summed E-state index contributed by atoms with van der Waals surface area (Å²) in [6, 6.07) is 9.65. The average molecular weight is 247 g/mol. The summed E-state index contributed by atoms with van der Waals surface area (Å²) in [5.74, 6) is -0.0433. The molecule has 3 heteroatoms. The standard InChI is InChI=1S/C15H21NO2/c17-14(12-7-3-1-4-8-12)11-15(18)16-13-9-5-2-6-10-13/h1,3-4,7-8,13-14,17H,2,5-6,9-11H2,(H,16,18). The van der Waals surface area contributed by atoms with Gasteiger partial charge in [0.05, 0.1) is 12.5 Å². The fourth-order valence-corrected chi connectivity index (χ4v) is 2.50. The number of carbonyl (C=O) groups excluding carboxylic acids is 1. The van der Waals surface area contributed by atoms with Crippen LogP contribution in [0.3, 0.4) is 0 Å². The summed E-state index contributed by atoms with van der Waals surface area (Å²) in [5.41, 5.74) is 0.802. The van der Waals surface area contributed by atoms with Gasteiger partial charge in [0.2, 0.25) is 5.91 Å². The van der Waals surface area contributed by atoms with Crippen molar-refractivity contribution in [2.45, 2.75) is 50.7 Å². The van der Waals surface area contributed by atoms with Crippen LogP contribution < -0.4 is 5.32 Å². The number of nitrogens with one attached hydrogen (secondary N) is 1. The van der Waals surface area contributed by atoms with Gasteiger partial charge in [-0.25, -0.2) is 0 Å². The second kappa shape index (κ2) is 6.55. The van der Waals surface area contributed by atoms with E-state index < -0.39 is 6.10 Å². The molecule has 2 N–H and O–H groups in total. The zero-order valence-corrected chi connectivity index (χ0v) is 10.6. The third kappa shape index (κ3) is 3.84. The Morgan fingerprint density at radius 2 is 1.89 bits per heavy atom. The molecule has 1 fully saturated rings. The second-order valence-electron chi connectivity index (χ2n) is 5.03. The first-order valence-electron chi connectivity index (χ1n) is 6.78. The predicted molar refractivity (Wildman–Crippen MR) is 71.0 cm³/mol. The number of hydrogen-bond donors (Lipinski definition) is 2. The van der Waals surface area contributed by atoms with Crippen LogP contribution in [0.25, 0.3) is 0 Å². The fourth-order valence-electron chi connectivity index (χ4n) is 2.50. The molecular weight excluding hydrogens is 226 g/mol. The molecule has 0 aromatic heterocycles. The minimum absolute atomic E-state index is 0.0433. The summed E-state index contributed by atoms with van der Waals surface area (Å²) in [6.45, 7) is 0. The van der Waals surface area contributed by atoms with Gasteiger partial charge in [0.1, 0.15) is 0 Å². The third-order valence-electron chi connectivity index (χ3n) is 3.53. The molecule has 3 nitrogen and oxygen atoms in total. The van der Waals surface area contributed by atoms with Crippen LogP contribution in [0.5, 0.6) is 0 Å². The topological polar surface area (TPSA) is 49.3 Å². The van der Waals surface area contributed by atoms with Gasteiger partial charge in [-0.3, -0.25) is 4.79 Å². The molecule has 0 saturated heterocycles. The first-order chi connectivity index (χ1) is 8.75. The van der Waals surface area contributed by atoms with E-state index in [0.29, 0.717) is 6.04 Å². The Hall–Kier alpha value is -1.35. The van der Waals surface area contributed by atoms with E-state index in [9.17, 15) is 9.90 Å². The highest BCUT2D eigenvalue weighted by molar-refractivity contribution is 5.77. The highest BCUT2D eigenvalue weighted by Gasteiger charge is 2.18. The van der Waals surface area contributed by atoms with Crippen LogP contribution in [-0.2, 0) is 4.79 Å². The molecular formula is C15H21NO2. The summed E-state index contributed by atoms with van der Waals surface area (Å²) < 4.78 is 0. The number of carbonyl (C=O) groups is 1. The minimum atomic E-state index is -0.699. The molecule has 0 aliphatic heterocycles. The van der Waals surface area contributed by atoms with E-state index in [2.05, 4.69) is 5.32 Å². The lowest BCUT2D eigenvalue weighted by Gasteiger charge is -2.23. The summed E-state index contributed by atoms with van der Waals surface area (Å²) >= 11 is 0. The van der Waals surface area contributed by atoms with Gasteiger partial charge in [0.15, 0.2) is 0 Å². The van der Waals surface area contributed by atoms with Crippen LogP contribution in [0, 0.1) is 0 Å². The van der Waals surface area contributed by atoms with Crippen molar-refractivity contribution in [2.24, 2.45) is 0 Å². The van der Waals surface area contributed by atoms with Crippen LogP contribution in [0.4, 0.5) is 0 Å². The van der Waals surface area contributed by atoms with Crippen molar-refractivity contribution in [3.63, 3.8) is 0 Å². The molecule has 1 saturated carbocycles. The van der Waals surface area contributed by atoms with Crippen molar-refractivity contribution in [2.75, 3.05) is 0 Å². The van der Waals surface area contributed by atoms with Crippen LogP contribution >= 0.6 is 0 Å². The van der Waals surface area contributed by atoms with Crippen molar-refractivity contribution >= 4 is 5.91 Å². The van der Waals surface area contributed by atoms with Gasteiger partial charge in [0.25, 0.3) is 0 Å². The zero-order valence-electron chi connectivity index (χ0n) is 10.6. The molecule has 2 rings (SSSR count). The van der Waals surface area contributed by atoms with E-state index >= 15 is 0 Å². The number of benzene rings is 1. The van der Waals surface area contributed by atoms with Gasteiger partial charge < -0.3 is 10.4 Å². The largest absolute Gasteiger partial charge is 0.388 e. The maximum atomic E-state index is 11.8. The maximum Gasteiger partial charge on any atom is 0.223 e. The predicted octanol–water partition coefficient (Wildman–Crippen LogP) is 2.56. The summed E-state index contributed by atoms with van der Waals surface area (Å²) in [6.07, 6.45) is 5.29. The lowest BCUT2D eigenvalue weighted by molar-refractivity contribution is -0.124. The Bertz CT molecular complexity index is 371. The molecule has 1 aromatic carbocycles. The van der Waals surface area contributed by atoms with Gasteiger partial charge in [-0.1, -0.05) is 49.6 Å². The second-order valence-corrected chi connectivity index (χ2v) is 5.03. The van der Waals surface area contributed by atoms with Crippen molar-refractivity contribution in [3.8, 4) is 0 Å². The van der Waals surface area contributed by atoms with Crippen LogP contribution in [-0.4, -0.2) is 17.1 Å². The first kappa shape index (κ1) is 13.1. The Labute approximate surface area is 108 Å². The molecule has 0 bridgehead atoms. The number of aliphatic hydroxyl groups excluding tert-OH is 1. The molecule has 18 heavy (non-hydrogen) atoms. The van der Waals surface area contributed by atoms with Gasteiger partial charge in [-0.15, -0.1) is 0 Å². The normalized spacial score (nSPS) is 18.3. The zero-order chi connectivity index (χ0) is 12.8. The molecule has 0 spiro atoms. The lowest BCUT2D eigenvalue weighted by atomic mass is 9.95. The van der Waals surface area contributed by atoms with Crippen molar-refractivity contribution < 1.29 is 9.90 Å². The quantitative estimate of drug-likeness (QED) is 0.859. The smallest absolute Gasteiger partial charge is 0.223 e. The van der Waals surface area contributed by atoms with Crippen LogP contribution in [0.1, 0.15) is 50.2 Å². The first-order valence-corrected chi connectivity index (χ1v) is 6.78. The molecule has 1 aliphatic carbocycles. The lowest BCUT2D eigenvalue weighted by Crippen LogP contribution is -2.36. The van der Waals surface area contributed by atoms with E-state index in [1.807, 2.05) is 30.3 Å². The summed E-state index contributed by atoms with van der Waals surface area (Å²) in [4.78, 5) is 11.8. The number of rotatable bonds is 4. The SMILES string of the molecule is O=C(CC(O)c1ccccc1)NC1CCCCC1. The molecule has 1 amide bonds. The van der Waals surface area contributed by atoms with Gasteiger partial charge in [0, 0.05) is 6.04 Å². The molecule has 0 heterocycles. The van der Waals surface area contributed by atoms with Gasteiger partial charge in [-0.2, -0.15) is 0 Å². The van der Waals surface area contributed by atoms with E-state index in [1.165, 1.54) is 19.3 Å². The molecule has 1 atom stereocenters. The monoisotopic (exact) mass is 247 g/mol. The highest BCUT2D eigenvalue weighted by atomic mass is 16.3. The number of amides is 1. The summed E-state index contributed by atoms with van der Waals surface area (Å²) in [7, 11) is 0. The molecule has 98 valence electrons. The fraction of sp³-hybridized carbons (Fsp3) is 0.533. The van der Waals surface area contributed by atoms with E-state index in [0.717, 1.165) is 18.4 Å². The average Bonchev–Trinajstić information content (AvgIpc) is 2.40. The van der Waals surface area contributed by atoms with E-state index in [1.54, 1.807) is 0 Å². The van der Waals surface area contributed by atoms with Gasteiger partial charge >= 0.3 is 0 Å². The maximum absolute atomic E-state index is 11.8. The third-order valence-corrected chi connectivity index (χ3v) is 3.53. The molecule has 1 aromatic rings. The molecule has 1 aliphatic rings. The van der Waals surface area contributed by atoms with Crippen molar-refractivity contribution in [1.82, 2.24) is 5.32 Å². The van der Waals surface area contributed by atoms with Gasteiger partial charge in [-0.05, 0) is 18.4 Å². The van der Waals surface area contributed by atoms with E-state index in [4.69, 9.17) is 0 Å². The van der Waals surface area contributed by atoms with Crippen molar-refractivity contribution in [3.05, 3.63) is 35.9 Å². The Morgan fingerprint density at radius 1 is 1.22 bits per heavy atom. The molecule has 1 unspecified atom stereocenters. The Morgan fingerprint density at radius 3 is 2.56 bits per heavy atom. The summed E-state index contributed by atoms with van der Waals surface area (Å²) in [5, 5.41) is 13.0. The van der Waals surface area contributed by atoms with E-state index in [-0.39, 0.29) is 12.3 Å². The Kier molecular flexibility index (Phi) is 4.76. The van der Waals surface area contributed by atoms with Crippen LogP contribution in [0.15, 0.2) is 30.3 Å². The van der Waals surface area contributed by atoms with Crippen LogP contribution in [0.2, 0.25) is 0 Å². The Balaban J connectivity index is 1.80. The number of aliphatic hydroxyl groups is 1. The molecule has 0 radical (unpaired) electrons.